The Balaban J connectivity index is 1.73. The number of anilines is 1. The van der Waals surface area contributed by atoms with Crippen LogP contribution in [0.3, 0.4) is 0 Å². The lowest BCUT2D eigenvalue weighted by Crippen LogP contribution is -2.27. The van der Waals surface area contributed by atoms with E-state index >= 15 is 0 Å². The average Bonchev–Trinajstić information content (AvgIpc) is 2.96. The summed E-state index contributed by atoms with van der Waals surface area (Å²) in [4.78, 5) is 28.4. The van der Waals surface area contributed by atoms with Crippen LogP contribution in [0.4, 0.5) is 5.82 Å². The first-order valence-electron chi connectivity index (χ1n) is 6.49. The molecule has 1 N–H and O–H groups in total. The zero-order chi connectivity index (χ0) is 15.0. The van der Waals surface area contributed by atoms with Crippen LogP contribution in [-0.4, -0.2) is 26.4 Å². The number of fused-ring (bicyclic) bond motifs is 1. The Morgan fingerprint density at radius 1 is 1.52 bits per heavy atom. The van der Waals surface area contributed by atoms with Gasteiger partial charge in [-0.25, -0.2) is 4.98 Å². The average molecular weight is 306 g/mol. The number of aromatic nitrogens is 3. The van der Waals surface area contributed by atoms with Crippen LogP contribution in [0, 0.1) is 13.8 Å². The standard InChI is InChI=1S/C13H14N4O3S/c1-7-3-12(19)17-9(6-21-13(17)14-7)5-11(18)15-10-4-8(2)20-16-10/h3-4,9H,5-6H2,1-2H3,(H,15,16,18)/t9-/m0/s1. The number of carbonyl (C=O) groups excluding carboxylic acids is 1. The van der Waals surface area contributed by atoms with Crippen LogP contribution in [0.25, 0.3) is 0 Å². The largest absolute Gasteiger partial charge is 0.360 e. The van der Waals surface area contributed by atoms with Crippen molar-refractivity contribution in [2.24, 2.45) is 0 Å². The van der Waals surface area contributed by atoms with Crippen molar-refractivity contribution < 1.29 is 9.32 Å². The molecule has 0 aliphatic carbocycles. The Labute approximate surface area is 124 Å². The number of thioether (sulfide) groups is 1. The number of nitrogens with zero attached hydrogens (tertiary/aromatic N) is 3. The molecule has 0 radical (unpaired) electrons. The summed E-state index contributed by atoms with van der Waals surface area (Å²) in [6, 6.07) is 2.95. The second kappa shape index (κ2) is 5.36. The fourth-order valence-corrected chi connectivity index (χ4v) is 3.44. The van der Waals surface area contributed by atoms with Crippen LogP contribution in [0.1, 0.15) is 23.9 Å². The van der Waals surface area contributed by atoms with Gasteiger partial charge in [-0.15, -0.1) is 0 Å². The minimum atomic E-state index is -0.200. The molecule has 0 saturated heterocycles. The highest BCUT2D eigenvalue weighted by molar-refractivity contribution is 7.99. The lowest BCUT2D eigenvalue weighted by Gasteiger charge is -2.12. The van der Waals surface area contributed by atoms with E-state index in [9.17, 15) is 9.59 Å². The van der Waals surface area contributed by atoms with E-state index in [0.29, 0.717) is 28.2 Å². The van der Waals surface area contributed by atoms with Gasteiger partial charge in [0, 0.05) is 30.0 Å². The molecule has 2 aromatic rings. The Morgan fingerprint density at radius 3 is 3.05 bits per heavy atom. The lowest BCUT2D eigenvalue weighted by molar-refractivity contribution is -0.116. The third-order valence-electron chi connectivity index (χ3n) is 3.13. The highest BCUT2D eigenvalue weighted by atomic mass is 32.2. The van der Waals surface area contributed by atoms with Crippen LogP contribution in [0.5, 0.6) is 0 Å². The van der Waals surface area contributed by atoms with Gasteiger partial charge in [0.15, 0.2) is 11.0 Å². The Hall–Kier alpha value is -2.09. The van der Waals surface area contributed by atoms with E-state index in [1.807, 2.05) is 0 Å². The van der Waals surface area contributed by atoms with Gasteiger partial charge in [-0.2, -0.15) is 0 Å². The van der Waals surface area contributed by atoms with E-state index in [2.05, 4.69) is 15.5 Å². The molecule has 0 fully saturated rings. The van der Waals surface area contributed by atoms with Crippen molar-refractivity contribution in [2.45, 2.75) is 31.5 Å². The molecule has 7 nitrogen and oxygen atoms in total. The fourth-order valence-electron chi connectivity index (χ4n) is 2.25. The topological polar surface area (TPSA) is 90.0 Å². The Morgan fingerprint density at radius 2 is 2.33 bits per heavy atom. The van der Waals surface area contributed by atoms with Gasteiger partial charge in [-0.1, -0.05) is 16.9 Å². The number of rotatable bonds is 3. The number of hydrogen-bond donors (Lipinski definition) is 1. The van der Waals surface area contributed by atoms with Gasteiger partial charge in [0.25, 0.3) is 5.56 Å². The zero-order valence-electron chi connectivity index (χ0n) is 11.6. The van der Waals surface area contributed by atoms with E-state index in [-0.39, 0.29) is 23.9 Å². The summed E-state index contributed by atoms with van der Waals surface area (Å²) < 4.78 is 6.48. The van der Waals surface area contributed by atoms with Crippen LogP contribution in [0.15, 0.2) is 26.6 Å². The van der Waals surface area contributed by atoms with Gasteiger partial charge in [0.05, 0.1) is 6.04 Å². The quantitative estimate of drug-likeness (QED) is 0.865. The number of amides is 1. The van der Waals surface area contributed by atoms with Crippen LogP contribution < -0.4 is 10.9 Å². The number of hydrogen-bond acceptors (Lipinski definition) is 6. The van der Waals surface area contributed by atoms with E-state index in [4.69, 9.17) is 4.52 Å². The van der Waals surface area contributed by atoms with Crippen molar-refractivity contribution >= 4 is 23.5 Å². The summed E-state index contributed by atoms with van der Waals surface area (Å²) in [7, 11) is 0. The molecule has 3 heterocycles. The Bertz CT molecular complexity index is 752. The first-order chi connectivity index (χ1) is 10.0. The number of aryl methyl sites for hydroxylation is 2. The third kappa shape index (κ3) is 2.85. The van der Waals surface area contributed by atoms with Crippen molar-refractivity contribution in [3.8, 4) is 0 Å². The first-order valence-corrected chi connectivity index (χ1v) is 7.47. The Kier molecular flexibility index (Phi) is 3.54. The zero-order valence-corrected chi connectivity index (χ0v) is 12.4. The molecular formula is C13H14N4O3S. The molecule has 3 rings (SSSR count). The van der Waals surface area contributed by atoms with Gasteiger partial charge in [-0.3, -0.25) is 14.2 Å². The molecule has 1 amide bonds. The molecule has 0 unspecified atom stereocenters. The molecule has 110 valence electrons. The maximum absolute atomic E-state index is 12.0. The highest BCUT2D eigenvalue weighted by Crippen LogP contribution is 2.32. The van der Waals surface area contributed by atoms with Crippen molar-refractivity contribution in [3.63, 3.8) is 0 Å². The second-order valence-electron chi connectivity index (χ2n) is 4.93. The summed E-state index contributed by atoms with van der Waals surface area (Å²) in [5.41, 5.74) is 0.583. The smallest absolute Gasteiger partial charge is 0.254 e. The van der Waals surface area contributed by atoms with Crippen LogP contribution in [-0.2, 0) is 4.79 Å². The van der Waals surface area contributed by atoms with Crippen molar-refractivity contribution in [3.05, 3.63) is 33.9 Å². The molecule has 1 aliphatic heterocycles. The maximum Gasteiger partial charge on any atom is 0.254 e. The van der Waals surface area contributed by atoms with Gasteiger partial charge in [-0.05, 0) is 13.8 Å². The summed E-state index contributed by atoms with van der Waals surface area (Å²) in [6.45, 7) is 3.54. The predicted octanol–water partition coefficient (Wildman–Crippen LogP) is 1.52. The number of nitrogens with one attached hydrogen (secondary N) is 1. The second-order valence-corrected chi connectivity index (χ2v) is 5.92. The van der Waals surface area contributed by atoms with Gasteiger partial charge >= 0.3 is 0 Å². The van der Waals surface area contributed by atoms with Gasteiger partial charge in [0.1, 0.15) is 5.76 Å². The molecule has 0 bridgehead atoms. The summed E-state index contributed by atoms with van der Waals surface area (Å²) >= 11 is 1.49. The van der Waals surface area contributed by atoms with E-state index < -0.39 is 0 Å². The van der Waals surface area contributed by atoms with Crippen molar-refractivity contribution in [1.82, 2.24) is 14.7 Å². The van der Waals surface area contributed by atoms with Crippen LogP contribution in [0.2, 0.25) is 0 Å². The molecule has 0 spiro atoms. The maximum atomic E-state index is 12.0. The van der Waals surface area contributed by atoms with E-state index in [0.717, 1.165) is 0 Å². The lowest BCUT2D eigenvalue weighted by atomic mass is 10.2. The predicted molar refractivity (Wildman–Crippen MR) is 77.5 cm³/mol. The highest BCUT2D eigenvalue weighted by Gasteiger charge is 2.27. The van der Waals surface area contributed by atoms with Crippen molar-refractivity contribution in [2.75, 3.05) is 11.1 Å². The summed E-state index contributed by atoms with van der Waals surface area (Å²) in [5, 5.41) is 7.05. The SMILES string of the molecule is Cc1cc(=O)n2c(n1)SC[C@@H]2CC(=O)Nc1cc(C)on1. The van der Waals surface area contributed by atoms with E-state index in [1.165, 1.54) is 17.8 Å². The van der Waals surface area contributed by atoms with Gasteiger partial charge < -0.3 is 9.84 Å². The van der Waals surface area contributed by atoms with Crippen LogP contribution >= 0.6 is 11.8 Å². The molecule has 2 aromatic heterocycles. The molecule has 0 aromatic carbocycles. The minimum absolute atomic E-state index is 0.113. The fraction of sp³-hybridized carbons (Fsp3) is 0.385. The van der Waals surface area contributed by atoms with E-state index in [1.54, 1.807) is 24.5 Å². The third-order valence-corrected chi connectivity index (χ3v) is 4.23. The number of carbonyl (C=O) groups is 1. The van der Waals surface area contributed by atoms with Crippen molar-refractivity contribution in [1.29, 1.82) is 0 Å². The minimum Gasteiger partial charge on any atom is -0.360 e. The summed E-state index contributed by atoms with van der Waals surface area (Å²) in [5.74, 6) is 1.48. The first kappa shape index (κ1) is 13.9. The molecule has 21 heavy (non-hydrogen) atoms. The molecule has 0 saturated carbocycles. The normalized spacial score (nSPS) is 16.8. The molecular weight excluding hydrogens is 292 g/mol. The summed E-state index contributed by atoms with van der Waals surface area (Å²) in [6.07, 6.45) is 0.205. The molecule has 1 aliphatic rings. The van der Waals surface area contributed by atoms with Gasteiger partial charge in [0.2, 0.25) is 5.91 Å². The molecule has 1 atom stereocenters. The monoisotopic (exact) mass is 306 g/mol. The molecule has 8 heteroatoms.